The van der Waals surface area contributed by atoms with Crippen LogP contribution >= 0.6 is 0 Å². The Hall–Kier alpha value is -2.72. The number of nitrogens with zero attached hydrogens (tertiary/aromatic N) is 2. The summed E-state index contributed by atoms with van der Waals surface area (Å²) in [5.74, 6) is -4.07. The van der Waals surface area contributed by atoms with Gasteiger partial charge in [0.1, 0.15) is 23.9 Å². The SMILES string of the molecule is CCCCCCNNC(=O)O[C@H]1[C@H](O[C@@H]2[C@@H](C)[C@H](O[C@H]3C[C@@](C)(OC)[C@@H](OC(C)=O)[C@H](C)O3)[C@@H](C)C(=O)O[C@@H](CC)[C@@](C)(O)[C@H](O)[C@H](C)/C(=N/OCCCC3CCCCC3)[C@H](C)CC2(C)O)O[C@H](C)C[C@@H]1N(C)C. The van der Waals surface area contributed by atoms with Crippen molar-refractivity contribution in [1.82, 2.24) is 15.8 Å². The summed E-state index contributed by atoms with van der Waals surface area (Å²) >= 11 is 0. The Bertz CT molecular complexity index is 1750. The van der Waals surface area contributed by atoms with Gasteiger partial charge < -0.3 is 63.0 Å². The molecule has 1 saturated carbocycles. The molecule has 4 fully saturated rings. The number of hydrazine groups is 1. The Labute approximate surface area is 443 Å². The molecule has 19 nitrogen and oxygen atoms in total. The molecule has 0 aromatic carbocycles. The van der Waals surface area contributed by atoms with Crippen molar-refractivity contribution in [2.24, 2.45) is 34.7 Å². The van der Waals surface area contributed by atoms with Crippen LogP contribution in [0.4, 0.5) is 4.79 Å². The lowest BCUT2D eigenvalue weighted by atomic mass is 9.73. The van der Waals surface area contributed by atoms with Crippen molar-refractivity contribution < 1.29 is 72.4 Å². The summed E-state index contributed by atoms with van der Waals surface area (Å²) < 4.78 is 51.2. The second-order valence-corrected chi connectivity index (χ2v) is 23.1. The first-order chi connectivity index (χ1) is 34.8. The number of likely N-dealkylation sites (N-methyl/N-ethyl adjacent to an activating group) is 1. The number of esters is 2. The van der Waals surface area contributed by atoms with Crippen molar-refractivity contribution in [3.05, 3.63) is 0 Å². The fourth-order valence-electron chi connectivity index (χ4n) is 12.1. The van der Waals surface area contributed by atoms with E-state index in [2.05, 4.69) is 17.8 Å². The average Bonchev–Trinajstić information content (AvgIpc) is 3.34. The standard InChI is InChI=1S/C55H100N4O15/c1-16-18-19-23-28-56-57-52(63)73-46-41(59(13)14)30-34(4)68-51(46)74-48-36(6)45(72-43-32-54(11,66-15)49(38(8)69-43)70-39(9)60)37(7)50(62)71-42(17-2)55(12,65)47(61)35(5)44(33(3)31-53(48,10)64)58-67-29-24-27-40-25-21-20-22-26-40/h33-38,40-43,45-49,51,56,61,64-65H,16-32H2,1-15H3,(H,57,63)/b58-44+/t33-,34-,35-,36+,37-,38+,41+,42+,43+,45+,46-,47-,48-,49+,51+,53?,54-,55-/m1/s1. The second kappa shape index (κ2) is 29.3. The zero-order chi connectivity index (χ0) is 55.1. The van der Waals surface area contributed by atoms with Crippen LogP contribution in [0.2, 0.25) is 0 Å². The molecule has 5 N–H and O–H groups in total. The number of unbranched alkanes of at least 4 members (excludes halogenated alkanes) is 3. The number of rotatable bonds is 20. The first-order valence-electron chi connectivity index (χ1n) is 28.0. The van der Waals surface area contributed by atoms with Crippen molar-refractivity contribution in [3.8, 4) is 0 Å². The number of hydrogen-bond donors (Lipinski definition) is 5. The van der Waals surface area contributed by atoms with Gasteiger partial charge in [-0.1, -0.05) is 91.1 Å². The maximum Gasteiger partial charge on any atom is 0.422 e. The molecule has 4 rings (SSSR count). The van der Waals surface area contributed by atoms with E-state index in [9.17, 15) is 29.7 Å². The van der Waals surface area contributed by atoms with Gasteiger partial charge >= 0.3 is 18.0 Å². The van der Waals surface area contributed by atoms with Crippen molar-refractivity contribution in [3.63, 3.8) is 0 Å². The molecule has 3 aliphatic heterocycles. The number of nitrogens with one attached hydrogen (secondary N) is 2. The number of ether oxygens (including phenoxy) is 8. The van der Waals surface area contributed by atoms with E-state index in [4.69, 9.17) is 47.9 Å². The summed E-state index contributed by atoms with van der Waals surface area (Å²) in [6.07, 6.45) is 1.70. The molecular weight excluding hydrogens is 957 g/mol. The molecule has 1 amide bonds. The molecular formula is C55H100N4O15. The fourth-order valence-corrected chi connectivity index (χ4v) is 12.1. The third-order valence-corrected chi connectivity index (χ3v) is 16.4. The summed E-state index contributed by atoms with van der Waals surface area (Å²) in [6, 6.07) is -0.387. The van der Waals surface area contributed by atoms with Gasteiger partial charge in [0.15, 0.2) is 24.8 Å². The number of methoxy groups -OCH3 is 1. The third-order valence-electron chi connectivity index (χ3n) is 16.4. The van der Waals surface area contributed by atoms with E-state index in [1.54, 1.807) is 48.5 Å². The van der Waals surface area contributed by atoms with Crippen LogP contribution in [0.3, 0.4) is 0 Å². The first-order valence-corrected chi connectivity index (χ1v) is 28.0. The molecule has 3 saturated heterocycles. The molecule has 19 heteroatoms. The molecule has 0 bridgehead atoms. The Morgan fingerprint density at radius 3 is 2.18 bits per heavy atom. The van der Waals surface area contributed by atoms with E-state index in [1.165, 1.54) is 53.1 Å². The number of aliphatic hydroxyl groups is 3. The van der Waals surface area contributed by atoms with Crippen LogP contribution < -0.4 is 10.9 Å². The van der Waals surface area contributed by atoms with Gasteiger partial charge in [0.2, 0.25) is 0 Å². The van der Waals surface area contributed by atoms with E-state index in [0.29, 0.717) is 31.2 Å². The van der Waals surface area contributed by atoms with Gasteiger partial charge in [-0.25, -0.2) is 10.2 Å². The Morgan fingerprint density at radius 1 is 0.865 bits per heavy atom. The van der Waals surface area contributed by atoms with Crippen LogP contribution in [0.5, 0.6) is 0 Å². The number of carbonyl (C=O) groups is 3. The van der Waals surface area contributed by atoms with Crippen molar-refractivity contribution >= 4 is 23.7 Å². The molecule has 0 aromatic heterocycles. The summed E-state index contributed by atoms with van der Waals surface area (Å²) in [5.41, 5.74) is 1.16. The predicted octanol–water partition coefficient (Wildman–Crippen LogP) is 7.34. The molecule has 0 radical (unpaired) electrons. The Kier molecular flexibility index (Phi) is 25.3. The predicted molar refractivity (Wildman–Crippen MR) is 280 cm³/mol. The van der Waals surface area contributed by atoms with Crippen LogP contribution in [-0.4, -0.2) is 163 Å². The summed E-state index contributed by atoms with van der Waals surface area (Å²) in [5, 5.41) is 42.4. The zero-order valence-electron chi connectivity index (χ0n) is 47.9. The first kappa shape index (κ1) is 63.8. The summed E-state index contributed by atoms with van der Waals surface area (Å²) in [6.45, 7) is 21.7. The van der Waals surface area contributed by atoms with Crippen molar-refractivity contribution in [1.29, 1.82) is 0 Å². The second-order valence-electron chi connectivity index (χ2n) is 23.1. The molecule has 18 atom stereocenters. The maximum absolute atomic E-state index is 14.8. The summed E-state index contributed by atoms with van der Waals surface area (Å²) in [4.78, 5) is 48.7. The molecule has 0 aromatic rings. The highest BCUT2D eigenvalue weighted by Gasteiger charge is 2.55. The van der Waals surface area contributed by atoms with Gasteiger partial charge in [0.05, 0.1) is 53.8 Å². The number of carbonyl (C=O) groups excluding carboxylic acids is 3. The van der Waals surface area contributed by atoms with E-state index < -0.39 is 114 Å². The Balaban J connectivity index is 1.85. The number of amides is 1. The molecule has 3 heterocycles. The lowest BCUT2D eigenvalue weighted by Crippen LogP contribution is -2.62. The highest BCUT2D eigenvalue weighted by molar-refractivity contribution is 5.88. The number of cyclic esters (lactones) is 1. The lowest BCUT2D eigenvalue weighted by Gasteiger charge is -2.49. The minimum Gasteiger partial charge on any atom is -0.459 e. The van der Waals surface area contributed by atoms with E-state index >= 15 is 0 Å². The topological polar surface area (TPSA) is 235 Å². The van der Waals surface area contributed by atoms with Gasteiger partial charge in [-0.2, -0.15) is 0 Å². The molecule has 0 spiro atoms. The molecule has 4 aliphatic rings. The molecule has 430 valence electrons. The highest BCUT2D eigenvalue weighted by Crippen LogP contribution is 2.42. The van der Waals surface area contributed by atoms with E-state index in [-0.39, 0.29) is 31.4 Å². The molecule has 1 aliphatic carbocycles. The van der Waals surface area contributed by atoms with E-state index in [0.717, 1.165) is 38.5 Å². The van der Waals surface area contributed by atoms with Gasteiger partial charge in [0.25, 0.3) is 0 Å². The largest absolute Gasteiger partial charge is 0.459 e. The number of hydrogen-bond acceptors (Lipinski definition) is 18. The number of aliphatic hydroxyl groups excluding tert-OH is 1. The fraction of sp³-hybridized carbons (Fsp3) is 0.927. The van der Waals surface area contributed by atoms with Crippen molar-refractivity contribution in [2.75, 3.05) is 34.4 Å². The highest BCUT2D eigenvalue weighted by atomic mass is 16.7. The third kappa shape index (κ3) is 17.4. The van der Waals surface area contributed by atoms with Crippen molar-refractivity contribution in [2.45, 2.75) is 264 Å². The van der Waals surface area contributed by atoms with Gasteiger partial charge in [-0.3, -0.25) is 15.0 Å². The van der Waals surface area contributed by atoms with Crippen LogP contribution in [-0.2, 0) is 52.3 Å². The quantitative estimate of drug-likeness (QED) is 0.0347. The van der Waals surface area contributed by atoms with Crippen LogP contribution in [0.25, 0.3) is 0 Å². The minimum atomic E-state index is -1.97. The number of oxime groups is 1. The monoisotopic (exact) mass is 1060 g/mol. The Morgan fingerprint density at radius 2 is 1.55 bits per heavy atom. The van der Waals surface area contributed by atoms with Gasteiger partial charge in [-0.05, 0) is 100 Å². The smallest absolute Gasteiger partial charge is 0.422 e. The molecule has 1 unspecified atom stereocenters. The minimum absolute atomic E-state index is 0.0235. The maximum atomic E-state index is 14.8. The zero-order valence-corrected chi connectivity index (χ0v) is 47.9. The van der Waals surface area contributed by atoms with Crippen LogP contribution in [0.1, 0.15) is 179 Å². The van der Waals surface area contributed by atoms with Gasteiger partial charge in [0, 0.05) is 44.8 Å². The van der Waals surface area contributed by atoms with Gasteiger partial charge in [-0.15, -0.1) is 0 Å². The van der Waals surface area contributed by atoms with Crippen LogP contribution in [0.15, 0.2) is 5.16 Å². The van der Waals surface area contributed by atoms with E-state index in [1.807, 2.05) is 32.8 Å². The summed E-state index contributed by atoms with van der Waals surface area (Å²) in [7, 11) is 5.29. The lowest BCUT2D eigenvalue weighted by molar-refractivity contribution is -0.318. The average molecular weight is 1060 g/mol. The van der Waals surface area contributed by atoms with Crippen LogP contribution in [0, 0.1) is 29.6 Å². The molecule has 74 heavy (non-hydrogen) atoms. The normalized spacial score (nSPS) is 39.7.